The topological polar surface area (TPSA) is 112 Å². The number of ketones is 1. The normalized spacial score (nSPS) is 14.3. The summed E-state index contributed by atoms with van der Waals surface area (Å²) >= 11 is 0. The standard InChI is InChI=1S/C29H33F2NO7/c1-16(37-29(36)22-9-5-6-11-24(22)38-19(4)34)12-15-23(26(30)31)32-27-25(18(3)33)21(17(2)28(35)39-27)10-7-8-20-13-14-20/h5-6,9,11,16,20,26H,7-8,10,12-15H2,1-4H3. The summed E-state index contributed by atoms with van der Waals surface area (Å²) in [6.07, 6.45) is 0.434. The van der Waals surface area contributed by atoms with Crippen LogP contribution in [0.15, 0.2) is 38.5 Å². The van der Waals surface area contributed by atoms with Crippen molar-refractivity contribution in [2.75, 3.05) is 0 Å². The van der Waals surface area contributed by atoms with Crippen molar-refractivity contribution in [3.05, 3.63) is 56.9 Å². The molecule has 1 saturated carbocycles. The molecule has 1 aliphatic carbocycles. The highest BCUT2D eigenvalue weighted by molar-refractivity contribution is 6.01. The number of para-hydroxylation sites is 1. The minimum atomic E-state index is -3.00. The maximum absolute atomic E-state index is 14.0. The molecular weight excluding hydrogens is 512 g/mol. The molecule has 0 radical (unpaired) electrons. The summed E-state index contributed by atoms with van der Waals surface area (Å²) in [5, 5.41) is 0. The van der Waals surface area contributed by atoms with Crippen LogP contribution in [0.3, 0.4) is 0 Å². The second-order valence-electron chi connectivity index (χ2n) is 9.81. The van der Waals surface area contributed by atoms with Crippen molar-refractivity contribution in [1.82, 2.24) is 0 Å². The summed E-state index contributed by atoms with van der Waals surface area (Å²) < 4.78 is 43.5. The van der Waals surface area contributed by atoms with E-state index in [9.17, 15) is 28.0 Å². The van der Waals surface area contributed by atoms with E-state index >= 15 is 0 Å². The van der Waals surface area contributed by atoms with Gasteiger partial charge in [-0.1, -0.05) is 31.4 Å². The predicted molar refractivity (Wildman–Crippen MR) is 140 cm³/mol. The van der Waals surface area contributed by atoms with Crippen LogP contribution in [0.4, 0.5) is 14.7 Å². The van der Waals surface area contributed by atoms with Crippen molar-refractivity contribution < 1.29 is 37.1 Å². The first kappa shape index (κ1) is 29.9. The Hall–Kier alpha value is -3.69. The number of nitrogens with zero attached hydrogens (tertiary/aromatic N) is 1. The fourth-order valence-electron chi connectivity index (χ4n) is 4.26. The average molecular weight is 546 g/mol. The number of hydrogen-bond acceptors (Lipinski definition) is 8. The lowest BCUT2D eigenvalue weighted by Crippen LogP contribution is -2.20. The Morgan fingerprint density at radius 3 is 2.46 bits per heavy atom. The zero-order valence-corrected chi connectivity index (χ0v) is 22.6. The number of carbonyl (C=O) groups is 3. The van der Waals surface area contributed by atoms with Gasteiger partial charge in [0.05, 0.1) is 17.4 Å². The van der Waals surface area contributed by atoms with E-state index < -0.39 is 47.5 Å². The highest BCUT2D eigenvalue weighted by Crippen LogP contribution is 2.35. The van der Waals surface area contributed by atoms with Crippen LogP contribution in [0.5, 0.6) is 5.75 Å². The van der Waals surface area contributed by atoms with Crippen LogP contribution < -0.4 is 10.4 Å². The molecular formula is C29H33F2NO7. The number of hydrogen-bond donors (Lipinski definition) is 0. The summed E-state index contributed by atoms with van der Waals surface area (Å²) in [7, 11) is 0. The number of carbonyl (C=O) groups excluding carboxylic acids is 3. The van der Waals surface area contributed by atoms with Crippen molar-refractivity contribution in [3.8, 4) is 5.75 Å². The Morgan fingerprint density at radius 2 is 1.85 bits per heavy atom. The second kappa shape index (κ2) is 13.4. The molecule has 1 aromatic carbocycles. The van der Waals surface area contributed by atoms with Gasteiger partial charge in [0.15, 0.2) is 5.78 Å². The largest absolute Gasteiger partial charge is 0.459 e. The summed E-state index contributed by atoms with van der Waals surface area (Å²) in [6, 6.07) is 6.01. The van der Waals surface area contributed by atoms with Gasteiger partial charge in [-0.3, -0.25) is 9.59 Å². The minimum Gasteiger partial charge on any atom is -0.459 e. The summed E-state index contributed by atoms with van der Waals surface area (Å²) in [4.78, 5) is 52.9. The van der Waals surface area contributed by atoms with E-state index in [4.69, 9.17) is 13.9 Å². The molecule has 1 fully saturated rings. The van der Waals surface area contributed by atoms with Gasteiger partial charge in [0.25, 0.3) is 6.43 Å². The van der Waals surface area contributed by atoms with Crippen molar-refractivity contribution in [1.29, 1.82) is 0 Å². The molecule has 210 valence electrons. The van der Waals surface area contributed by atoms with Crippen molar-refractivity contribution in [2.45, 2.75) is 85.2 Å². The van der Waals surface area contributed by atoms with Gasteiger partial charge in [-0.15, -0.1) is 0 Å². The first-order chi connectivity index (χ1) is 18.5. The lowest BCUT2D eigenvalue weighted by Gasteiger charge is -2.16. The smallest absolute Gasteiger partial charge is 0.342 e. The molecule has 39 heavy (non-hydrogen) atoms. The third-order valence-electron chi connectivity index (χ3n) is 6.52. The molecule has 1 atom stereocenters. The van der Waals surface area contributed by atoms with E-state index in [2.05, 4.69) is 4.99 Å². The number of esters is 2. The molecule has 0 amide bonds. The van der Waals surface area contributed by atoms with Gasteiger partial charge in [-0.05, 0) is 70.1 Å². The van der Waals surface area contributed by atoms with Crippen LogP contribution in [-0.2, 0) is 16.0 Å². The molecule has 0 aliphatic heterocycles. The maximum Gasteiger partial charge on any atom is 0.342 e. The molecule has 3 rings (SSSR count). The van der Waals surface area contributed by atoms with Crippen molar-refractivity contribution in [2.24, 2.45) is 10.9 Å². The molecule has 0 saturated heterocycles. The maximum atomic E-state index is 14.0. The van der Waals surface area contributed by atoms with E-state index in [1.807, 2.05) is 0 Å². The number of Topliss-reactive ketones (excluding diaryl/α,β-unsaturated/α-hetero) is 1. The number of halogens is 2. The van der Waals surface area contributed by atoms with Gasteiger partial charge < -0.3 is 13.9 Å². The number of alkyl halides is 2. The number of rotatable bonds is 13. The molecule has 1 aliphatic rings. The Bertz CT molecular complexity index is 1310. The molecule has 0 spiro atoms. The van der Waals surface area contributed by atoms with E-state index in [0.717, 1.165) is 12.8 Å². The van der Waals surface area contributed by atoms with Crippen LogP contribution in [0.1, 0.15) is 91.1 Å². The Morgan fingerprint density at radius 1 is 1.15 bits per heavy atom. The van der Waals surface area contributed by atoms with E-state index in [0.29, 0.717) is 17.9 Å². The lowest BCUT2D eigenvalue weighted by molar-refractivity contribution is -0.131. The number of ether oxygens (including phenoxy) is 2. The third-order valence-corrected chi connectivity index (χ3v) is 6.52. The molecule has 0 bridgehead atoms. The molecule has 0 N–H and O–H groups in total. The van der Waals surface area contributed by atoms with Crippen LogP contribution in [0.25, 0.3) is 0 Å². The van der Waals surface area contributed by atoms with Crippen LogP contribution in [-0.4, -0.2) is 36.0 Å². The zero-order chi connectivity index (χ0) is 28.7. The minimum absolute atomic E-state index is 0.0176. The molecule has 1 unspecified atom stereocenters. The first-order valence-electron chi connectivity index (χ1n) is 13.0. The third kappa shape index (κ3) is 8.40. The average Bonchev–Trinajstić information content (AvgIpc) is 3.68. The van der Waals surface area contributed by atoms with Crippen molar-refractivity contribution in [3.63, 3.8) is 0 Å². The monoisotopic (exact) mass is 545 g/mol. The fraction of sp³-hybridized carbons (Fsp3) is 0.483. The lowest BCUT2D eigenvalue weighted by atomic mass is 9.96. The Kier molecular flexibility index (Phi) is 10.3. The second-order valence-corrected chi connectivity index (χ2v) is 9.81. The van der Waals surface area contributed by atoms with Crippen molar-refractivity contribution >= 4 is 29.3 Å². The van der Waals surface area contributed by atoms with E-state index in [1.54, 1.807) is 19.1 Å². The molecule has 2 aromatic rings. The highest BCUT2D eigenvalue weighted by atomic mass is 19.3. The number of benzene rings is 1. The molecule has 1 heterocycles. The number of aliphatic imine (C=N–C) groups is 1. The summed E-state index contributed by atoms with van der Waals surface area (Å²) in [5.74, 6) is -1.55. The van der Waals surface area contributed by atoms with Gasteiger partial charge in [-0.2, -0.15) is 0 Å². The first-order valence-corrected chi connectivity index (χ1v) is 13.0. The van der Waals surface area contributed by atoms with Gasteiger partial charge in [0.2, 0.25) is 5.88 Å². The van der Waals surface area contributed by atoms with Gasteiger partial charge in [0.1, 0.15) is 11.3 Å². The quantitative estimate of drug-likeness (QED) is 0.128. The van der Waals surface area contributed by atoms with E-state index in [1.165, 1.54) is 45.7 Å². The molecule has 10 heteroatoms. The summed E-state index contributed by atoms with van der Waals surface area (Å²) in [5.41, 5.74) is -0.491. The predicted octanol–water partition coefficient (Wildman–Crippen LogP) is 6.17. The van der Waals surface area contributed by atoms with Gasteiger partial charge in [0, 0.05) is 12.5 Å². The Labute approximate surface area is 225 Å². The van der Waals surface area contributed by atoms with Crippen LogP contribution in [0.2, 0.25) is 0 Å². The van der Waals surface area contributed by atoms with Crippen LogP contribution >= 0.6 is 0 Å². The highest BCUT2D eigenvalue weighted by Gasteiger charge is 2.25. The molecule has 1 aromatic heterocycles. The van der Waals surface area contributed by atoms with Crippen LogP contribution in [0, 0.1) is 12.8 Å². The van der Waals surface area contributed by atoms with E-state index in [-0.39, 0.29) is 35.3 Å². The molecule has 8 nitrogen and oxygen atoms in total. The Balaban J connectivity index is 1.78. The van der Waals surface area contributed by atoms with Gasteiger partial charge in [-0.25, -0.2) is 23.4 Å². The fourth-order valence-corrected chi connectivity index (χ4v) is 4.26. The van der Waals surface area contributed by atoms with Gasteiger partial charge >= 0.3 is 17.6 Å². The SMILES string of the molecule is CC(=O)Oc1ccccc1C(=O)OC(C)CCC(=Nc1oc(=O)c(C)c(CCCC2CC2)c1C(C)=O)C(F)F. The summed E-state index contributed by atoms with van der Waals surface area (Å²) in [6.45, 7) is 5.57. The zero-order valence-electron chi connectivity index (χ0n) is 22.6.